The second-order valence-electron chi connectivity index (χ2n) is 6.59. The minimum Gasteiger partial charge on any atom is -0.493 e. The highest BCUT2D eigenvalue weighted by Gasteiger charge is 2.22. The van der Waals surface area contributed by atoms with Crippen molar-refractivity contribution in [2.45, 2.75) is 11.8 Å². The van der Waals surface area contributed by atoms with Crippen LogP contribution in [-0.2, 0) is 10.1 Å². The first-order chi connectivity index (χ1) is 15.2. The lowest BCUT2D eigenvalue weighted by Gasteiger charge is -2.13. The highest BCUT2D eigenvalue weighted by molar-refractivity contribution is 9.10. The molecular formula is C22H18BrClN2O5S. The zero-order valence-corrected chi connectivity index (χ0v) is 20.2. The van der Waals surface area contributed by atoms with E-state index >= 15 is 0 Å². The van der Waals surface area contributed by atoms with Crippen LogP contribution in [0.25, 0.3) is 0 Å². The van der Waals surface area contributed by atoms with Gasteiger partial charge in [0.05, 0.1) is 17.8 Å². The van der Waals surface area contributed by atoms with Gasteiger partial charge >= 0.3 is 10.1 Å². The van der Waals surface area contributed by atoms with Crippen molar-refractivity contribution in [2.75, 3.05) is 7.11 Å². The van der Waals surface area contributed by atoms with E-state index < -0.39 is 16.0 Å². The third-order valence-electron chi connectivity index (χ3n) is 4.24. The first-order valence-electron chi connectivity index (χ1n) is 9.17. The van der Waals surface area contributed by atoms with Gasteiger partial charge in [0.25, 0.3) is 5.91 Å². The molecule has 0 saturated carbocycles. The van der Waals surface area contributed by atoms with Gasteiger partial charge in [0.15, 0.2) is 11.5 Å². The van der Waals surface area contributed by atoms with Crippen LogP contribution in [0.5, 0.6) is 11.5 Å². The van der Waals surface area contributed by atoms with E-state index in [1.165, 1.54) is 31.5 Å². The SMILES string of the molecule is COc1cc(/C=N/NC(=O)c2ccc(Cl)cc2)cc(Br)c1OS(=O)(=O)c1ccc(C)cc1. The summed E-state index contributed by atoms with van der Waals surface area (Å²) in [7, 11) is -2.68. The predicted octanol–water partition coefficient (Wildman–Crippen LogP) is 4.95. The molecule has 0 aromatic heterocycles. The largest absolute Gasteiger partial charge is 0.493 e. The van der Waals surface area contributed by atoms with Gasteiger partial charge in [-0.1, -0.05) is 29.3 Å². The van der Waals surface area contributed by atoms with E-state index in [0.717, 1.165) is 5.56 Å². The Morgan fingerprint density at radius 1 is 1.09 bits per heavy atom. The summed E-state index contributed by atoms with van der Waals surface area (Å²) < 4.78 is 36.2. The lowest BCUT2D eigenvalue weighted by molar-refractivity contribution is 0.0955. The lowest BCUT2D eigenvalue weighted by Crippen LogP contribution is -2.17. The van der Waals surface area contributed by atoms with Gasteiger partial charge in [-0.15, -0.1) is 0 Å². The van der Waals surface area contributed by atoms with Crippen LogP contribution < -0.4 is 14.3 Å². The van der Waals surface area contributed by atoms with Gasteiger partial charge in [0, 0.05) is 10.6 Å². The molecule has 0 radical (unpaired) electrons. The number of ether oxygens (including phenoxy) is 1. The van der Waals surface area contributed by atoms with Crippen molar-refractivity contribution in [1.29, 1.82) is 0 Å². The molecule has 0 unspecified atom stereocenters. The molecule has 3 aromatic rings. The first-order valence-corrected chi connectivity index (χ1v) is 11.7. The number of hydrazone groups is 1. The van der Waals surface area contributed by atoms with Crippen molar-refractivity contribution in [3.63, 3.8) is 0 Å². The van der Waals surface area contributed by atoms with Gasteiger partial charge in [0.2, 0.25) is 0 Å². The summed E-state index contributed by atoms with van der Waals surface area (Å²) in [6, 6.07) is 15.8. The average molecular weight is 538 g/mol. The Morgan fingerprint density at radius 3 is 2.38 bits per heavy atom. The first kappa shape index (κ1) is 23.8. The fraction of sp³-hybridized carbons (Fsp3) is 0.0909. The van der Waals surface area contributed by atoms with Gasteiger partial charge in [0.1, 0.15) is 4.90 Å². The number of methoxy groups -OCH3 is 1. The molecule has 166 valence electrons. The summed E-state index contributed by atoms with van der Waals surface area (Å²) >= 11 is 9.12. The molecule has 7 nitrogen and oxygen atoms in total. The van der Waals surface area contributed by atoms with Crippen molar-refractivity contribution in [3.8, 4) is 11.5 Å². The van der Waals surface area contributed by atoms with E-state index in [4.69, 9.17) is 20.5 Å². The molecule has 0 aliphatic heterocycles. The Bertz CT molecular complexity index is 1260. The fourth-order valence-electron chi connectivity index (χ4n) is 2.59. The molecule has 0 saturated heterocycles. The number of amides is 1. The summed E-state index contributed by atoms with van der Waals surface area (Å²) in [4.78, 5) is 12.1. The summed E-state index contributed by atoms with van der Waals surface area (Å²) in [5.74, 6) is -0.246. The molecule has 32 heavy (non-hydrogen) atoms. The number of rotatable bonds is 7. The summed E-state index contributed by atoms with van der Waals surface area (Å²) in [5.41, 5.74) is 4.26. The zero-order valence-electron chi connectivity index (χ0n) is 17.0. The number of aryl methyl sites for hydroxylation is 1. The molecule has 0 atom stereocenters. The Labute approximate surface area is 199 Å². The molecule has 10 heteroatoms. The number of hydrogen-bond donors (Lipinski definition) is 1. The van der Waals surface area contributed by atoms with Crippen LogP contribution in [0.2, 0.25) is 5.02 Å². The monoisotopic (exact) mass is 536 g/mol. The van der Waals surface area contributed by atoms with Gasteiger partial charge in [-0.25, -0.2) is 5.43 Å². The van der Waals surface area contributed by atoms with Gasteiger partial charge in [-0.2, -0.15) is 13.5 Å². The van der Waals surface area contributed by atoms with Gasteiger partial charge in [-0.3, -0.25) is 4.79 Å². The Morgan fingerprint density at radius 2 is 1.75 bits per heavy atom. The van der Waals surface area contributed by atoms with E-state index in [-0.39, 0.29) is 16.4 Å². The lowest BCUT2D eigenvalue weighted by atomic mass is 10.2. The third kappa shape index (κ3) is 5.87. The maximum Gasteiger partial charge on any atom is 0.339 e. The standard InChI is InChI=1S/C22H18BrClN2O5S/c1-14-3-9-18(10-4-14)32(28,29)31-21-19(23)11-15(12-20(21)30-2)13-25-26-22(27)16-5-7-17(24)8-6-16/h3-13H,1-2H3,(H,26,27)/b25-13+. The highest BCUT2D eigenvalue weighted by Crippen LogP contribution is 2.38. The summed E-state index contributed by atoms with van der Waals surface area (Å²) in [6.45, 7) is 1.86. The zero-order chi connectivity index (χ0) is 23.3. The molecule has 3 rings (SSSR count). The minimum absolute atomic E-state index is 0.00424. The molecular weight excluding hydrogens is 520 g/mol. The normalized spacial score (nSPS) is 11.4. The molecule has 0 heterocycles. The Kier molecular flexibility index (Phi) is 7.55. The Hall–Kier alpha value is -2.88. The fourth-order valence-corrected chi connectivity index (χ4v) is 4.32. The van der Waals surface area contributed by atoms with E-state index in [1.807, 2.05) is 6.92 Å². The second kappa shape index (κ2) is 10.2. The van der Waals surface area contributed by atoms with E-state index in [0.29, 0.717) is 20.6 Å². The van der Waals surface area contributed by atoms with Crippen LogP contribution in [-0.4, -0.2) is 27.6 Å². The quantitative estimate of drug-likeness (QED) is 0.261. The predicted molar refractivity (Wildman–Crippen MR) is 126 cm³/mol. The van der Waals surface area contributed by atoms with E-state index in [2.05, 4.69) is 26.5 Å². The molecule has 0 bridgehead atoms. The van der Waals surface area contributed by atoms with Crippen molar-refractivity contribution in [3.05, 3.63) is 86.8 Å². The van der Waals surface area contributed by atoms with Crippen molar-refractivity contribution >= 4 is 49.8 Å². The number of carbonyl (C=O) groups is 1. The maximum atomic E-state index is 12.6. The van der Waals surface area contributed by atoms with Crippen LogP contribution in [0.3, 0.4) is 0 Å². The number of hydrogen-bond acceptors (Lipinski definition) is 6. The number of nitrogens with zero attached hydrogens (tertiary/aromatic N) is 1. The minimum atomic E-state index is -4.07. The molecule has 0 aliphatic carbocycles. The van der Waals surface area contributed by atoms with Crippen molar-refractivity contribution in [1.82, 2.24) is 5.43 Å². The van der Waals surface area contributed by atoms with Crippen LogP contribution in [0.15, 0.2) is 75.1 Å². The van der Waals surface area contributed by atoms with Crippen molar-refractivity contribution in [2.24, 2.45) is 5.10 Å². The molecule has 0 spiro atoms. The maximum absolute atomic E-state index is 12.6. The average Bonchev–Trinajstić information content (AvgIpc) is 2.76. The van der Waals surface area contributed by atoms with Crippen molar-refractivity contribution < 1.29 is 22.1 Å². The molecule has 0 aliphatic rings. The second-order valence-corrected chi connectivity index (χ2v) is 9.43. The van der Waals surface area contributed by atoms with Gasteiger partial charge in [-0.05, 0) is 76.9 Å². The van der Waals surface area contributed by atoms with E-state index in [1.54, 1.807) is 42.5 Å². The van der Waals surface area contributed by atoms with Gasteiger partial charge < -0.3 is 8.92 Å². The number of halogens is 2. The molecule has 1 N–H and O–H groups in total. The van der Waals surface area contributed by atoms with Crippen LogP contribution in [0, 0.1) is 6.92 Å². The van der Waals surface area contributed by atoms with Crippen LogP contribution >= 0.6 is 27.5 Å². The number of nitrogens with one attached hydrogen (secondary N) is 1. The highest BCUT2D eigenvalue weighted by atomic mass is 79.9. The molecule has 1 amide bonds. The summed E-state index contributed by atoms with van der Waals surface area (Å²) in [5, 5.41) is 4.45. The number of benzene rings is 3. The topological polar surface area (TPSA) is 94.1 Å². The number of carbonyl (C=O) groups excluding carboxylic acids is 1. The van der Waals surface area contributed by atoms with Crippen LogP contribution in [0.4, 0.5) is 0 Å². The Balaban J connectivity index is 1.78. The molecule has 0 fully saturated rings. The third-order valence-corrected chi connectivity index (χ3v) is 6.32. The molecule has 3 aromatic carbocycles. The summed E-state index contributed by atoms with van der Waals surface area (Å²) in [6.07, 6.45) is 1.39. The smallest absolute Gasteiger partial charge is 0.339 e. The van der Waals surface area contributed by atoms with Crippen LogP contribution in [0.1, 0.15) is 21.5 Å². The van der Waals surface area contributed by atoms with E-state index in [9.17, 15) is 13.2 Å².